The van der Waals surface area contributed by atoms with Crippen LogP contribution in [0.2, 0.25) is 0 Å². The predicted octanol–water partition coefficient (Wildman–Crippen LogP) is 1.79. The van der Waals surface area contributed by atoms with E-state index in [1.165, 1.54) is 44.8 Å². The Morgan fingerprint density at radius 2 is 1.72 bits per heavy atom. The molecule has 2 heterocycles. The minimum Gasteiger partial charge on any atom is -0.374 e. The Kier molecular flexibility index (Phi) is 4.84. The van der Waals surface area contributed by atoms with Gasteiger partial charge in [-0.2, -0.15) is 0 Å². The highest BCUT2D eigenvalue weighted by Crippen LogP contribution is 2.14. The van der Waals surface area contributed by atoms with E-state index in [0.29, 0.717) is 0 Å². The Hall–Kier alpha value is -0.800. The molecule has 0 aromatic carbocycles. The minimum atomic E-state index is 1.09. The molecule has 0 spiro atoms. The third-order valence-electron chi connectivity index (χ3n) is 4.03. The second-order valence-corrected chi connectivity index (χ2v) is 5.61. The molecule has 1 fully saturated rings. The SMILES string of the molecule is CCCN1CCN(CC2=CC=C(C)N(C)C2)CC1. The standard InChI is InChI=1S/C15H27N3/c1-4-7-17-8-10-18(11-9-17)13-15-6-5-14(2)16(3)12-15/h5-6H,4,7-13H2,1-3H3. The van der Waals surface area contributed by atoms with Crippen molar-refractivity contribution < 1.29 is 0 Å². The number of allylic oxidation sites excluding steroid dienone is 3. The lowest BCUT2D eigenvalue weighted by atomic mass is 10.1. The quantitative estimate of drug-likeness (QED) is 0.752. The zero-order chi connectivity index (χ0) is 13.0. The van der Waals surface area contributed by atoms with Crippen molar-refractivity contribution in [2.24, 2.45) is 0 Å². The first kappa shape index (κ1) is 13.6. The van der Waals surface area contributed by atoms with Gasteiger partial charge >= 0.3 is 0 Å². The molecular weight excluding hydrogens is 222 g/mol. The highest BCUT2D eigenvalue weighted by atomic mass is 15.3. The van der Waals surface area contributed by atoms with E-state index in [-0.39, 0.29) is 0 Å². The van der Waals surface area contributed by atoms with Crippen LogP contribution < -0.4 is 0 Å². The van der Waals surface area contributed by atoms with Gasteiger partial charge in [0.25, 0.3) is 0 Å². The number of hydrogen-bond acceptors (Lipinski definition) is 3. The van der Waals surface area contributed by atoms with Crippen LogP contribution in [-0.2, 0) is 0 Å². The fourth-order valence-electron chi connectivity index (χ4n) is 2.72. The largest absolute Gasteiger partial charge is 0.374 e. The van der Waals surface area contributed by atoms with Gasteiger partial charge in [0.2, 0.25) is 0 Å². The van der Waals surface area contributed by atoms with E-state index >= 15 is 0 Å². The number of likely N-dealkylation sites (N-methyl/N-ethyl adjacent to an activating group) is 1. The third-order valence-corrected chi connectivity index (χ3v) is 4.03. The molecule has 0 saturated carbocycles. The summed E-state index contributed by atoms with van der Waals surface area (Å²) >= 11 is 0. The molecule has 0 aromatic rings. The zero-order valence-electron chi connectivity index (χ0n) is 12.2. The van der Waals surface area contributed by atoms with Crippen molar-refractivity contribution in [1.29, 1.82) is 0 Å². The molecule has 102 valence electrons. The number of hydrogen-bond donors (Lipinski definition) is 0. The molecule has 0 atom stereocenters. The second kappa shape index (κ2) is 6.39. The molecule has 2 aliphatic heterocycles. The van der Waals surface area contributed by atoms with Crippen molar-refractivity contribution in [2.45, 2.75) is 20.3 Å². The smallest absolute Gasteiger partial charge is 0.0398 e. The van der Waals surface area contributed by atoms with Crippen LogP contribution in [0.5, 0.6) is 0 Å². The summed E-state index contributed by atoms with van der Waals surface area (Å²) in [5.41, 5.74) is 2.92. The molecule has 1 saturated heterocycles. The van der Waals surface area contributed by atoms with Crippen LogP contribution in [0.1, 0.15) is 20.3 Å². The molecule has 3 nitrogen and oxygen atoms in total. The molecule has 0 unspecified atom stereocenters. The Balaban J connectivity index is 1.78. The van der Waals surface area contributed by atoms with Crippen molar-refractivity contribution in [3.05, 3.63) is 23.4 Å². The molecule has 2 rings (SSSR count). The van der Waals surface area contributed by atoms with Crippen LogP contribution in [0.4, 0.5) is 0 Å². The highest BCUT2D eigenvalue weighted by molar-refractivity contribution is 5.24. The van der Waals surface area contributed by atoms with E-state index in [2.05, 4.69) is 47.7 Å². The van der Waals surface area contributed by atoms with E-state index in [9.17, 15) is 0 Å². The van der Waals surface area contributed by atoms with Gasteiger partial charge in [0, 0.05) is 52.0 Å². The molecule has 0 aliphatic carbocycles. The summed E-state index contributed by atoms with van der Waals surface area (Å²) in [5, 5.41) is 0. The van der Waals surface area contributed by atoms with Crippen molar-refractivity contribution in [3.63, 3.8) is 0 Å². The van der Waals surface area contributed by atoms with Crippen LogP contribution >= 0.6 is 0 Å². The topological polar surface area (TPSA) is 9.72 Å². The first-order chi connectivity index (χ1) is 8.69. The Labute approximate surface area is 112 Å². The average molecular weight is 249 g/mol. The Bertz CT molecular complexity index is 325. The van der Waals surface area contributed by atoms with E-state index in [0.717, 1.165) is 13.1 Å². The van der Waals surface area contributed by atoms with Gasteiger partial charge < -0.3 is 9.80 Å². The molecule has 0 amide bonds. The van der Waals surface area contributed by atoms with Crippen LogP contribution in [0.3, 0.4) is 0 Å². The number of piperazine rings is 1. The van der Waals surface area contributed by atoms with Crippen molar-refractivity contribution >= 4 is 0 Å². The van der Waals surface area contributed by atoms with Crippen molar-refractivity contribution in [1.82, 2.24) is 14.7 Å². The lowest BCUT2D eigenvalue weighted by Gasteiger charge is -2.36. The molecule has 0 bridgehead atoms. The van der Waals surface area contributed by atoms with Crippen LogP contribution in [0.15, 0.2) is 23.4 Å². The molecule has 18 heavy (non-hydrogen) atoms. The summed E-state index contributed by atoms with van der Waals surface area (Å²) in [6, 6.07) is 0. The maximum atomic E-state index is 2.60. The van der Waals surface area contributed by atoms with Gasteiger partial charge in [0.15, 0.2) is 0 Å². The first-order valence-corrected chi connectivity index (χ1v) is 7.21. The molecule has 2 aliphatic rings. The molecule has 0 radical (unpaired) electrons. The summed E-state index contributed by atoms with van der Waals surface area (Å²) in [6.07, 6.45) is 5.83. The lowest BCUT2D eigenvalue weighted by Crippen LogP contribution is -2.47. The summed E-state index contributed by atoms with van der Waals surface area (Å²) in [7, 11) is 2.18. The van der Waals surface area contributed by atoms with Crippen LogP contribution in [0.25, 0.3) is 0 Å². The number of nitrogens with zero attached hydrogens (tertiary/aromatic N) is 3. The summed E-state index contributed by atoms with van der Waals surface area (Å²) in [5.74, 6) is 0. The van der Waals surface area contributed by atoms with Gasteiger partial charge in [-0.1, -0.05) is 13.0 Å². The second-order valence-electron chi connectivity index (χ2n) is 5.61. The molecular formula is C15H27N3. The highest BCUT2D eigenvalue weighted by Gasteiger charge is 2.18. The normalized spacial score (nSPS) is 22.9. The monoisotopic (exact) mass is 249 g/mol. The van der Waals surface area contributed by atoms with Gasteiger partial charge in [0.1, 0.15) is 0 Å². The van der Waals surface area contributed by atoms with Gasteiger partial charge in [-0.15, -0.1) is 0 Å². The maximum absolute atomic E-state index is 2.60. The molecule has 3 heteroatoms. The average Bonchev–Trinajstić information content (AvgIpc) is 2.37. The number of rotatable bonds is 4. The summed E-state index contributed by atoms with van der Waals surface area (Å²) in [4.78, 5) is 7.52. The lowest BCUT2D eigenvalue weighted by molar-refractivity contribution is 0.139. The van der Waals surface area contributed by atoms with Crippen molar-refractivity contribution in [2.75, 3.05) is 52.9 Å². The Morgan fingerprint density at radius 3 is 2.33 bits per heavy atom. The van der Waals surface area contributed by atoms with Gasteiger partial charge in [-0.05, 0) is 31.5 Å². The fourth-order valence-corrected chi connectivity index (χ4v) is 2.72. The van der Waals surface area contributed by atoms with E-state index in [1.54, 1.807) is 5.57 Å². The summed E-state index contributed by atoms with van der Waals surface area (Å²) < 4.78 is 0. The third kappa shape index (κ3) is 3.59. The predicted molar refractivity (Wildman–Crippen MR) is 77.6 cm³/mol. The van der Waals surface area contributed by atoms with E-state index in [4.69, 9.17) is 0 Å². The van der Waals surface area contributed by atoms with E-state index < -0.39 is 0 Å². The van der Waals surface area contributed by atoms with Gasteiger partial charge in [0.05, 0.1) is 0 Å². The summed E-state index contributed by atoms with van der Waals surface area (Å²) in [6.45, 7) is 12.9. The van der Waals surface area contributed by atoms with Crippen LogP contribution in [-0.4, -0.2) is 67.6 Å². The van der Waals surface area contributed by atoms with Gasteiger partial charge in [-0.25, -0.2) is 0 Å². The zero-order valence-corrected chi connectivity index (χ0v) is 12.2. The fraction of sp³-hybridized carbons (Fsp3) is 0.733. The molecule has 0 aromatic heterocycles. The molecule has 0 N–H and O–H groups in total. The first-order valence-electron chi connectivity index (χ1n) is 7.21. The van der Waals surface area contributed by atoms with Crippen LogP contribution in [0, 0.1) is 0 Å². The van der Waals surface area contributed by atoms with E-state index in [1.807, 2.05) is 0 Å². The van der Waals surface area contributed by atoms with Gasteiger partial charge in [-0.3, -0.25) is 4.90 Å². The van der Waals surface area contributed by atoms with Crippen molar-refractivity contribution in [3.8, 4) is 0 Å². The maximum Gasteiger partial charge on any atom is 0.0398 e. The Morgan fingerprint density at radius 1 is 1.06 bits per heavy atom. The minimum absolute atomic E-state index is 1.09.